The van der Waals surface area contributed by atoms with E-state index in [0.717, 1.165) is 17.4 Å². The highest BCUT2D eigenvalue weighted by Gasteiger charge is 2.22. The lowest BCUT2D eigenvalue weighted by atomic mass is 9.77. The van der Waals surface area contributed by atoms with Crippen molar-refractivity contribution in [1.29, 1.82) is 0 Å². The van der Waals surface area contributed by atoms with Crippen LogP contribution >= 0.6 is 0 Å². The predicted molar refractivity (Wildman–Crippen MR) is 85.8 cm³/mol. The average molecular weight is 274 g/mol. The molecule has 0 spiro atoms. The van der Waals surface area contributed by atoms with Gasteiger partial charge in [0.1, 0.15) is 0 Å². The van der Waals surface area contributed by atoms with Gasteiger partial charge in [-0.3, -0.25) is 0 Å². The smallest absolute Gasteiger partial charge is 0.0812 e. The lowest BCUT2D eigenvalue weighted by Crippen LogP contribution is -2.13. The maximum Gasteiger partial charge on any atom is 0.0812 e. The lowest BCUT2D eigenvalue weighted by Gasteiger charge is -2.29. The third-order valence-electron chi connectivity index (χ3n) is 4.92. The van der Waals surface area contributed by atoms with Crippen molar-refractivity contribution in [2.45, 2.75) is 71.3 Å². The van der Waals surface area contributed by atoms with Crippen LogP contribution < -0.4 is 0 Å². The van der Waals surface area contributed by atoms with Crippen LogP contribution in [0.3, 0.4) is 0 Å². The maximum absolute atomic E-state index is 10.1. The molecule has 1 atom stereocenters. The Morgan fingerprint density at radius 3 is 2.15 bits per heavy atom. The quantitative estimate of drug-likeness (QED) is 0.757. The van der Waals surface area contributed by atoms with Crippen LogP contribution in [0, 0.1) is 11.8 Å². The van der Waals surface area contributed by atoms with Gasteiger partial charge in [-0.15, -0.1) is 0 Å². The molecule has 1 fully saturated rings. The van der Waals surface area contributed by atoms with E-state index in [1.165, 1.54) is 44.1 Å². The molecule has 1 aromatic carbocycles. The summed E-state index contributed by atoms with van der Waals surface area (Å²) in [5.41, 5.74) is 2.53. The second-order valence-electron chi connectivity index (χ2n) is 6.86. The Morgan fingerprint density at radius 1 is 1.05 bits per heavy atom. The van der Waals surface area contributed by atoms with E-state index in [1.807, 2.05) is 0 Å². The minimum atomic E-state index is -0.329. The van der Waals surface area contributed by atoms with Gasteiger partial charge in [0.2, 0.25) is 0 Å². The molecule has 1 aliphatic rings. The zero-order valence-corrected chi connectivity index (χ0v) is 13.3. The van der Waals surface area contributed by atoms with Gasteiger partial charge in [-0.05, 0) is 54.6 Å². The second kappa shape index (κ2) is 7.26. The van der Waals surface area contributed by atoms with E-state index in [2.05, 4.69) is 45.0 Å². The van der Waals surface area contributed by atoms with Gasteiger partial charge in [0, 0.05) is 0 Å². The largest absolute Gasteiger partial charge is 0.388 e. The minimum absolute atomic E-state index is 0.283. The Morgan fingerprint density at radius 2 is 1.65 bits per heavy atom. The number of aliphatic hydroxyl groups excluding tert-OH is 1. The molecule has 1 aromatic rings. The average Bonchev–Trinajstić information content (AvgIpc) is 2.48. The third kappa shape index (κ3) is 3.85. The monoisotopic (exact) mass is 274 g/mol. The van der Waals surface area contributed by atoms with Crippen molar-refractivity contribution >= 4 is 0 Å². The number of hydrogen-bond acceptors (Lipinski definition) is 1. The third-order valence-corrected chi connectivity index (χ3v) is 4.92. The van der Waals surface area contributed by atoms with Crippen LogP contribution in [0.4, 0.5) is 0 Å². The highest BCUT2D eigenvalue weighted by molar-refractivity contribution is 5.27. The van der Waals surface area contributed by atoms with E-state index < -0.39 is 0 Å². The molecule has 0 saturated heterocycles. The number of hydrogen-bond donors (Lipinski definition) is 1. The molecule has 0 aromatic heterocycles. The number of aliphatic hydroxyl groups is 1. The summed E-state index contributed by atoms with van der Waals surface area (Å²) in [6.45, 7) is 6.42. The summed E-state index contributed by atoms with van der Waals surface area (Å²) >= 11 is 0. The fourth-order valence-corrected chi connectivity index (χ4v) is 3.54. The van der Waals surface area contributed by atoms with Gasteiger partial charge in [0.05, 0.1) is 6.10 Å². The number of benzene rings is 1. The van der Waals surface area contributed by atoms with Crippen LogP contribution in [0.5, 0.6) is 0 Å². The van der Waals surface area contributed by atoms with E-state index in [0.29, 0.717) is 0 Å². The molecule has 0 aliphatic heterocycles. The van der Waals surface area contributed by atoms with Crippen molar-refractivity contribution in [2.24, 2.45) is 11.8 Å². The zero-order valence-electron chi connectivity index (χ0n) is 13.3. The van der Waals surface area contributed by atoms with Crippen molar-refractivity contribution in [2.75, 3.05) is 0 Å². The first kappa shape index (κ1) is 15.6. The van der Waals surface area contributed by atoms with Gasteiger partial charge in [0.15, 0.2) is 0 Å². The van der Waals surface area contributed by atoms with E-state index in [9.17, 15) is 5.11 Å². The SMILES string of the molecule is CCCC1CCC(c2ccc(C(O)C(C)C)cc2)CC1. The molecule has 0 bridgehead atoms. The Labute approximate surface area is 124 Å². The second-order valence-corrected chi connectivity index (χ2v) is 6.86. The fourth-order valence-electron chi connectivity index (χ4n) is 3.54. The maximum atomic E-state index is 10.1. The summed E-state index contributed by atoms with van der Waals surface area (Å²) in [7, 11) is 0. The first-order valence-electron chi connectivity index (χ1n) is 8.39. The molecule has 0 heterocycles. The van der Waals surface area contributed by atoms with E-state index in [-0.39, 0.29) is 12.0 Å². The van der Waals surface area contributed by atoms with Gasteiger partial charge >= 0.3 is 0 Å². The van der Waals surface area contributed by atoms with Crippen LogP contribution in [0.2, 0.25) is 0 Å². The van der Waals surface area contributed by atoms with Crippen LogP contribution in [-0.4, -0.2) is 5.11 Å². The molecule has 1 heteroatoms. The molecule has 112 valence electrons. The summed E-state index contributed by atoms with van der Waals surface area (Å²) in [6.07, 6.45) is 7.89. The van der Waals surface area contributed by atoms with Crippen molar-refractivity contribution in [1.82, 2.24) is 0 Å². The van der Waals surface area contributed by atoms with E-state index in [4.69, 9.17) is 0 Å². The first-order chi connectivity index (χ1) is 9.61. The highest BCUT2D eigenvalue weighted by Crippen LogP contribution is 2.37. The van der Waals surface area contributed by atoms with Gasteiger partial charge in [-0.1, -0.05) is 57.9 Å². The molecule has 20 heavy (non-hydrogen) atoms. The van der Waals surface area contributed by atoms with Gasteiger partial charge in [-0.2, -0.15) is 0 Å². The van der Waals surface area contributed by atoms with E-state index in [1.54, 1.807) is 0 Å². The summed E-state index contributed by atoms with van der Waals surface area (Å²) in [5.74, 6) is 2.00. The van der Waals surface area contributed by atoms with Crippen molar-refractivity contribution in [3.8, 4) is 0 Å². The Hall–Kier alpha value is -0.820. The Kier molecular flexibility index (Phi) is 5.65. The summed E-state index contributed by atoms with van der Waals surface area (Å²) in [4.78, 5) is 0. The molecule has 1 unspecified atom stereocenters. The van der Waals surface area contributed by atoms with Crippen LogP contribution in [0.1, 0.15) is 82.4 Å². The Bertz CT molecular complexity index is 385. The van der Waals surface area contributed by atoms with Gasteiger partial charge in [-0.25, -0.2) is 0 Å². The molecule has 1 aliphatic carbocycles. The zero-order chi connectivity index (χ0) is 14.5. The molecule has 1 saturated carbocycles. The lowest BCUT2D eigenvalue weighted by molar-refractivity contribution is 0.127. The van der Waals surface area contributed by atoms with Gasteiger partial charge in [0.25, 0.3) is 0 Å². The highest BCUT2D eigenvalue weighted by atomic mass is 16.3. The summed E-state index contributed by atoms with van der Waals surface area (Å²) in [5, 5.41) is 10.1. The van der Waals surface area contributed by atoms with Crippen molar-refractivity contribution in [3.63, 3.8) is 0 Å². The minimum Gasteiger partial charge on any atom is -0.388 e. The molecule has 2 rings (SSSR count). The number of rotatable bonds is 5. The standard InChI is InChI=1S/C19H30O/c1-4-5-15-6-8-16(9-7-15)17-10-12-18(13-11-17)19(20)14(2)3/h10-16,19-20H,4-9H2,1-3H3. The predicted octanol–water partition coefficient (Wildman–Crippen LogP) is 5.45. The molecular weight excluding hydrogens is 244 g/mol. The van der Waals surface area contributed by atoms with Crippen molar-refractivity contribution in [3.05, 3.63) is 35.4 Å². The van der Waals surface area contributed by atoms with Crippen molar-refractivity contribution < 1.29 is 5.11 Å². The van der Waals surface area contributed by atoms with Crippen LogP contribution in [0.15, 0.2) is 24.3 Å². The first-order valence-corrected chi connectivity index (χ1v) is 8.39. The van der Waals surface area contributed by atoms with Crippen LogP contribution in [-0.2, 0) is 0 Å². The summed E-state index contributed by atoms with van der Waals surface area (Å²) in [6, 6.07) is 8.73. The van der Waals surface area contributed by atoms with E-state index >= 15 is 0 Å². The molecule has 0 amide bonds. The fraction of sp³-hybridized carbons (Fsp3) is 0.684. The van der Waals surface area contributed by atoms with Crippen LogP contribution in [0.25, 0.3) is 0 Å². The Balaban J connectivity index is 1.94. The normalized spacial score (nSPS) is 24.9. The molecule has 1 N–H and O–H groups in total. The molecule has 1 nitrogen and oxygen atoms in total. The van der Waals surface area contributed by atoms with Gasteiger partial charge < -0.3 is 5.11 Å². The topological polar surface area (TPSA) is 20.2 Å². The summed E-state index contributed by atoms with van der Waals surface area (Å²) < 4.78 is 0. The molecular formula is C19H30O. The molecule has 0 radical (unpaired) electrons.